The molecule has 1 aromatic heterocycles. The molecule has 0 aliphatic carbocycles. The van der Waals surface area contributed by atoms with Crippen molar-refractivity contribution in [2.75, 3.05) is 0 Å². The Morgan fingerprint density at radius 1 is 1.44 bits per heavy atom. The van der Waals surface area contributed by atoms with Crippen LogP contribution in [-0.4, -0.2) is 26.2 Å². The van der Waals surface area contributed by atoms with Gasteiger partial charge in [0.25, 0.3) is 0 Å². The van der Waals surface area contributed by atoms with Crippen LogP contribution in [0, 0.1) is 0 Å². The summed E-state index contributed by atoms with van der Waals surface area (Å²) in [5, 5.41) is 18.3. The Labute approximate surface area is 94.2 Å². The molecule has 0 aromatic carbocycles. The van der Waals surface area contributed by atoms with Gasteiger partial charge in [0.2, 0.25) is 0 Å². The van der Waals surface area contributed by atoms with E-state index < -0.39 is 5.97 Å². The van der Waals surface area contributed by atoms with Crippen molar-refractivity contribution in [3.8, 4) is 5.75 Å². The van der Waals surface area contributed by atoms with E-state index >= 15 is 0 Å². The second kappa shape index (κ2) is 4.92. The van der Waals surface area contributed by atoms with Gasteiger partial charge in [-0.15, -0.1) is 0 Å². The van der Waals surface area contributed by atoms with Crippen molar-refractivity contribution in [2.45, 2.75) is 39.0 Å². The Morgan fingerprint density at radius 3 is 2.56 bits per heavy atom. The number of aromatic hydroxyl groups is 1. The molecule has 2 N–H and O–H groups in total. The van der Waals surface area contributed by atoms with E-state index in [-0.39, 0.29) is 24.0 Å². The third-order valence-corrected chi connectivity index (χ3v) is 2.28. The maximum Gasteiger partial charge on any atom is 0.304 e. The van der Waals surface area contributed by atoms with Gasteiger partial charge in [0.15, 0.2) is 5.75 Å². The Hall–Kier alpha value is -1.65. The van der Waals surface area contributed by atoms with E-state index in [0.717, 1.165) is 0 Å². The fourth-order valence-electron chi connectivity index (χ4n) is 1.40. The average molecular weight is 224 g/mol. The van der Waals surface area contributed by atoms with Crippen LogP contribution < -0.4 is 0 Å². The van der Waals surface area contributed by atoms with Crippen LogP contribution in [0.5, 0.6) is 5.75 Å². The van der Waals surface area contributed by atoms with Gasteiger partial charge in [-0.25, -0.2) is 9.97 Å². The molecular formula is C11H16N2O3. The highest BCUT2D eigenvalue weighted by molar-refractivity contribution is 5.68. The lowest BCUT2D eigenvalue weighted by molar-refractivity contribution is -0.137. The van der Waals surface area contributed by atoms with Crippen molar-refractivity contribution in [1.29, 1.82) is 0 Å². The van der Waals surface area contributed by atoms with Crippen LogP contribution in [0.15, 0.2) is 6.20 Å². The molecule has 16 heavy (non-hydrogen) atoms. The number of aliphatic carboxylic acids is 1. The molecule has 0 aliphatic rings. The smallest absolute Gasteiger partial charge is 0.304 e. The normalized spacial score (nSPS) is 12.8. The summed E-state index contributed by atoms with van der Waals surface area (Å²) in [5.74, 6) is -0.505. The Bertz CT molecular complexity index is 391. The number of hydrogen-bond donors (Lipinski definition) is 2. The number of hydrogen-bond acceptors (Lipinski definition) is 4. The van der Waals surface area contributed by atoms with Gasteiger partial charge in [0.05, 0.1) is 18.3 Å². The second-order valence-electron chi connectivity index (χ2n) is 4.15. The molecule has 0 aliphatic heterocycles. The van der Waals surface area contributed by atoms with Gasteiger partial charge >= 0.3 is 5.97 Å². The van der Waals surface area contributed by atoms with Crippen LogP contribution in [0.3, 0.4) is 0 Å². The third kappa shape index (κ3) is 2.92. The standard InChI is InChI=1S/C11H16N2O3/c1-6(2)11-12-5-8(14)10(13-11)7(3)4-9(15)16/h5-7,14H,4H2,1-3H3,(H,15,16). The summed E-state index contributed by atoms with van der Waals surface area (Å²) in [7, 11) is 0. The van der Waals surface area contributed by atoms with Crippen LogP contribution in [-0.2, 0) is 4.79 Å². The zero-order valence-electron chi connectivity index (χ0n) is 9.64. The van der Waals surface area contributed by atoms with Crippen LogP contribution in [0.1, 0.15) is 50.5 Å². The molecule has 1 unspecified atom stereocenters. The van der Waals surface area contributed by atoms with E-state index in [0.29, 0.717) is 11.5 Å². The lowest BCUT2D eigenvalue weighted by Crippen LogP contribution is -2.08. The molecule has 0 saturated heterocycles. The Balaban J connectivity index is 3.01. The van der Waals surface area contributed by atoms with Gasteiger partial charge in [-0.1, -0.05) is 20.8 Å². The van der Waals surface area contributed by atoms with Crippen LogP contribution in [0.2, 0.25) is 0 Å². The highest BCUT2D eigenvalue weighted by Gasteiger charge is 2.17. The number of carboxylic acids is 1. The van der Waals surface area contributed by atoms with Gasteiger partial charge in [0.1, 0.15) is 5.82 Å². The van der Waals surface area contributed by atoms with Crippen LogP contribution >= 0.6 is 0 Å². The minimum atomic E-state index is -0.906. The summed E-state index contributed by atoms with van der Waals surface area (Å²) in [6.07, 6.45) is 1.28. The summed E-state index contributed by atoms with van der Waals surface area (Å²) in [6, 6.07) is 0. The molecule has 1 heterocycles. The molecule has 5 heteroatoms. The lowest BCUT2D eigenvalue weighted by atomic mass is 10.0. The largest absolute Gasteiger partial charge is 0.504 e. The predicted octanol–water partition coefficient (Wildman–Crippen LogP) is 1.88. The van der Waals surface area contributed by atoms with E-state index in [1.54, 1.807) is 6.92 Å². The molecule has 0 spiro atoms. The highest BCUT2D eigenvalue weighted by Crippen LogP contribution is 2.26. The maximum atomic E-state index is 10.6. The maximum absolute atomic E-state index is 10.6. The SMILES string of the molecule is CC(C)c1ncc(O)c(C(C)CC(=O)O)n1. The first-order valence-electron chi connectivity index (χ1n) is 5.19. The van der Waals surface area contributed by atoms with Gasteiger partial charge in [-0.05, 0) is 0 Å². The van der Waals surface area contributed by atoms with E-state index in [4.69, 9.17) is 5.11 Å². The molecule has 0 saturated carbocycles. The van der Waals surface area contributed by atoms with Gasteiger partial charge in [-0.2, -0.15) is 0 Å². The average Bonchev–Trinajstić information content (AvgIpc) is 2.16. The molecule has 1 aromatic rings. The molecule has 1 atom stereocenters. The zero-order chi connectivity index (χ0) is 12.3. The van der Waals surface area contributed by atoms with Crippen molar-refractivity contribution >= 4 is 5.97 Å². The first kappa shape index (κ1) is 12.4. The fourth-order valence-corrected chi connectivity index (χ4v) is 1.40. The summed E-state index contributed by atoms with van der Waals surface area (Å²) in [4.78, 5) is 18.8. The molecule has 88 valence electrons. The minimum absolute atomic E-state index is 0.0434. The predicted molar refractivity (Wildman–Crippen MR) is 58.5 cm³/mol. The highest BCUT2D eigenvalue weighted by atomic mass is 16.4. The van der Waals surface area contributed by atoms with Crippen LogP contribution in [0.4, 0.5) is 0 Å². The molecule has 1 rings (SSSR count). The molecule has 5 nitrogen and oxygen atoms in total. The molecule has 0 fully saturated rings. The number of aromatic nitrogens is 2. The van der Waals surface area contributed by atoms with Crippen molar-refractivity contribution in [3.63, 3.8) is 0 Å². The lowest BCUT2D eigenvalue weighted by Gasteiger charge is -2.12. The Morgan fingerprint density at radius 2 is 2.06 bits per heavy atom. The van der Waals surface area contributed by atoms with E-state index in [9.17, 15) is 9.90 Å². The number of nitrogens with zero attached hydrogens (tertiary/aromatic N) is 2. The molecule has 0 amide bonds. The molecule has 0 radical (unpaired) electrons. The van der Waals surface area contributed by atoms with Crippen molar-refractivity contribution in [3.05, 3.63) is 17.7 Å². The summed E-state index contributed by atoms with van der Waals surface area (Å²) in [5.41, 5.74) is 0.404. The first-order chi connectivity index (χ1) is 7.41. The quantitative estimate of drug-likeness (QED) is 0.815. The molecular weight excluding hydrogens is 208 g/mol. The second-order valence-corrected chi connectivity index (χ2v) is 4.15. The van der Waals surface area contributed by atoms with E-state index in [1.807, 2.05) is 13.8 Å². The number of carbonyl (C=O) groups is 1. The summed E-state index contributed by atoms with van der Waals surface area (Å²) in [6.45, 7) is 5.61. The van der Waals surface area contributed by atoms with Crippen molar-refractivity contribution < 1.29 is 15.0 Å². The topological polar surface area (TPSA) is 83.3 Å². The monoisotopic (exact) mass is 224 g/mol. The summed E-state index contributed by atoms with van der Waals surface area (Å²) >= 11 is 0. The number of rotatable bonds is 4. The third-order valence-electron chi connectivity index (χ3n) is 2.28. The van der Waals surface area contributed by atoms with Crippen LogP contribution in [0.25, 0.3) is 0 Å². The Kier molecular flexibility index (Phi) is 3.82. The molecule has 0 bridgehead atoms. The van der Waals surface area contributed by atoms with Gasteiger partial charge in [-0.3, -0.25) is 4.79 Å². The van der Waals surface area contributed by atoms with Gasteiger partial charge in [0, 0.05) is 11.8 Å². The minimum Gasteiger partial charge on any atom is -0.504 e. The fraction of sp³-hybridized carbons (Fsp3) is 0.545. The van der Waals surface area contributed by atoms with Crippen molar-refractivity contribution in [1.82, 2.24) is 9.97 Å². The van der Waals surface area contributed by atoms with E-state index in [2.05, 4.69) is 9.97 Å². The zero-order valence-corrected chi connectivity index (χ0v) is 9.64. The first-order valence-corrected chi connectivity index (χ1v) is 5.19. The van der Waals surface area contributed by atoms with Gasteiger partial charge < -0.3 is 10.2 Å². The van der Waals surface area contributed by atoms with Crippen molar-refractivity contribution in [2.24, 2.45) is 0 Å². The van der Waals surface area contributed by atoms with E-state index in [1.165, 1.54) is 6.20 Å². The number of carboxylic acid groups (broad SMARTS) is 1. The summed E-state index contributed by atoms with van der Waals surface area (Å²) < 4.78 is 0.